The van der Waals surface area contributed by atoms with Crippen LogP contribution in [0.5, 0.6) is 5.75 Å². The normalized spacial score (nSPS) is 15.3. The second kappa shape index (κ2) is 7.94. The maximum atomic E-state index is 12.4. The number of hydrogen-bond donors (Lipinski definition) is 1. The Kier molecular flexibility index (Phi) is 5.04. The molecule has 140 valence electrons. The summed E-state index contributed by atoms with van der Waals surface area (Å²) >= 11 is 0. The monoisotopic (exact) mass is 373 g/mol. The molecular formula is C22H19N3O3. The number of aromatic nitrogens is 1. The summed E-state index contributed by atoms with van der Waals surface area (Å²) in [7, 11) is 1.50. The Bertz CT molecular complexity index is 1010. The van der Waals surface area contributed by atoms with E-state index in [0.29, 0.717) is 23.4 Å². The lowest BCUT2D eigenvalue weighted by atomic mass is 10.1. The molecule has 2 aliphatic rings. The summed E-state index contributed by atoms with van der Waals surface area (Å²) in [4.78, 5) is 20.8. The third-order valence-corrected chi connectivity index (χ3v) is 4.25. The average molecular weight is 373 g/mol. The highest BCUT2D eigenvalue weighted by atomic mass is 16.5. The fourth-order valence-corrected chi connectivity index (χ4v) is 2.61. The molecule has 2 aromatic rings. The number of benzene rings is 1. The van der Waals surface area contributed by atoms with Gasteiger partial charge in [0.05, 0.1) is 18.8 Å². The second-order valence-corrected chi connectivity index (χ2v) is 6.43. The average Bonchev–Trinajstić information content (AvgIpc) is 3.55. The van der Waals surface area contributed by atoms with E-state index in [1.54, 1.807) is 24.4 Å². The van der Waals surface area contributed by atoms with Gasteiger partial charge in [-0.15, -0.1) is 0 Å². The van der Waals surface area contributed by atoms with Crippen molar-refractivity contribution in [3.05, 3.63) is 71.9 Å². The minimum atomic E-state index is -0.306. The van der Waals surface area contributed by atoms with E-state index in [2.05, 4.69) is 21.0 Å². The Balaban J connectivity index is 1.43. The molecule has 1 aromatic heterocycles. The smallest absolute Gasteiger partial charge is 0.259 e. The molecule has 0 unspecified atom stereocenters. The number of allylic oxidation sites excluding steroid dienone is 2. The van der Waals surface area contributed by atoms with Crippen molar-refractivity contribution in [1.29, 1.82) is 0 Å². The molecule has 1 fully saturated rings. The molecular weight excluding hydrogens is 354 g/mol. The van der Waals surface area contributed by atoms with Crippen LogP contribution in [0.25, 0.3) is 11.1 Å². The Hall–Kier alpha value is -3.63. The number of pyridine rings is 1. The molecule has 1 aliphatic carbocycles. The highest BCUT2D eigenvalue weighted by molar-refractivity contribution is 6.17. The van der Waals surface area contributed by atoms with Crippen LogP contribution in [0.2, 0.25) is 0 Å². The Morgan fingerprint density at radius 1 is 1.21 bits per heavy atom. The van der Waals surface area contributed by atoms with Gasteiger partial charge < -0.3 is 14.8 Å². The summed E-state index contributed by atoms with van der Waals surface area (Å²) in [6.45, 7) is 0. The van der Waals surface area contributed by atoms with Crippen LogP contribution in [0.3, 0.4) is 0 Å². The number of nitrogens with zero attached hydrogens (tertiary/aromatic N) is 2. The molecule has 0 spiro atoms. The maximum absolute atomic E-state index is 12.4. The summed E-state index contributed by atoms with van der Waals surface area (Å²) in [6.07, 6.45) is 8.98. The van der Waals surface area contributed by atoms with Crippen molar-refractivity contribution in [2.24, 2.45) is 4.99 Å². The molecule has 28 heavy (non-hydrogen) atoms. The van der Waals surface area contributed by atoms with E-state index in [-0.39, 0.29) is 5.91 Å². The molecule has 4 rings (SSSR count). The fourth-order valence-electron chi connectivity index (χ4n) is 2.61. The standard InChI is InChI=1S/C22H19N3O3/c1-27-21-7-3-5-17(14-24-21)22(26)25-20-11-8-16(13-23-20)15-4-2-6-19(12-15)28-18-9-10-18/h2-6,8,11-14,18H,9-10H2,1H3,(H,23,25,26). The van der Waals surface area contributed by atoms with Crippen molar-refractivity contribution < 1.29 is 14.3 Å². The first-order valence-electron chi connectivity index (χ1n) is 9.01. The summed E-state index contributed by atoms with van der Waals surface area (Å²) < 4.78 is 10.8. The molecule has 1 amide bonds. The molecule has 1 N–H and O–H groups in total. The van der Waals surface area contributed by atoms with Gasteiger partial charge in [0.25, 0.3) is 11.8 Å². The van der Waals surface area contributed by atoms with Crippen LogP contribution < -0.4 is 10.1 Å². The molecule has 1 aromatic carbocycles. The van der Waals surface area contributed by atoms with Gasteiger partial charge in [0.2, 0.25) is 0 Å². The predicted molar refractivity (Wildman–Crippen MR) is 107 cm³/mol. The van der Waals surface area contributed by atoms with Crippen molar-refractivity contribution in [3.8, 4) is 16.9 Å². The lowest BCUT2D eigenvalue weighted by Gasteiger charge is -2.08. The highest BCUT2D eigenvalue weighted by Gasteiger charge is 2.23. The molecule has 0 saturated heterocycles. The zero-order valence-corrected chi connectivity index (χ0v) is 15.4. The Morgan fingerprint density at radius 2 is 2.11 bits per heavy atom. The quantitative estimate of drug-likeness (QED) is 0.780. The maximum Gasteiger partial charge on any atom is 0.259 e. The van der Waals surface area contributed by atoms with Crippen LogP contribution in [0, 0.1) is 0 Å². The molecule has 6 nitrogen and oxygen atoms in total. The number of anilines is 1. The lowest BCUT2D eigenvalue weighted by molar-refractivity contribution is -0.112. The van der Waals surface area contributed by atoms with Crippen molar-refractivity contribution in [2.75, 3.05) is 12.4 Å². The zero-order chi connectivity index (χ0) is 19.3. The summed E-state index contributed by atoms with van der Waals surface area (Å²) in [5.41, 5.74) is 5.17. The molecule has 1 saturated carbocycles. The lowest BCUT2D eigenvalue weighted by Crippen LogP contribution is -2.16. The van der Waals surface area contributed by atoms with Crippen LogP contribution in [0.4, 0.5) is 5.82 Å². The minimum Gasteiger partial charge on any atom is -0.490 e. The van der Waals surface area contributed by atoms with Crippen LogP contribution in [-0.4, -0.2) is 30.3 Å². The summed E-state index contributed by atoms with van der Waals surface area (Å²) in [5, 5.41) is 2.76. The van der Waals surface area contributed by atoms with Crippen LogP contribution in [0.1, 0.15) is 12.8 Å². The van der Waals surface area contributed by atoms with Gasteiger partial charge in [0, 0.05) is 18.0 Å². The first-order chi connectivity index (χ1) is 13.7. The number of ether oxygens (including phenoxy) is 2. The molecule has 2 heterocycles. The second-order valence-electron chi connectivity index (χ2n) is 6.43. The SMILES string of the molecule is COC1=C=CC=C(C(=O)Nc2ccc(-c3cccc(OC4CC4)c3)cn2)C=N1. The van der Waals surface area contributed by atoms with Gasteiger partial charge >= 0.3 is 0 Å². The van der Waals surface area contributed by atoms with Gasteiger partial charge in [0.15, 0.2) is 0 Å². The number of nitrogens with one attached hydrogen (secondary N) is 1. The highest BCUT2D eigenvalue weighted by Crippen LogP contribution is 2.29. The third kappa shape index (κ3) is 4.37. The van der Waals surface area contributed by atoms with E-state index in [4.69, 9.17) is 9.47 Å². The summed E-state index contributed by atoms with van der Waals surface area (Å²) in [5.74, 6) is 1.34. The van der Waals surface area contributed by atoms with Gasteiger partial charge in [0.1, 0.15) is 11.6 Å². The Labute approximate surface area is 162 Å². The molecule has 1 aliphatic heterocycles. The van der Waals surface area contributed by atoms with Gasteiger partial charge in [-0.2, -0.15) is 0 Å². The van der Waals surface area contributed by atoms with E-state index >= 15 is 0 Å². The van der Waals surface area contributed by atoms with Crippen molar-refractivity contribution in [1.82, 2.24) is 4.98 Å². The van der Waals surface area contributed by atoms with Crippen LogP contribution in [-0.2, 0) is 9.53 Å². The molecule has 0 bridgehead atoms. The van der Waals surface area contributed by atoms with Gasteiger partial charge in [-0.1, -0.05) is 17.9 Å². The van der Waals surface area contributed by atoms with E-state index in [9.17, 15) is 4.79 Å². The first kappa shape index (κ1) is 17.8. The first-order valence-corrected chi connectivity index (χ1v) is 9.01. The van der Waals surface area contributed by atoms with Crippen molar-refractivity contribution in [2.45, 2.75) is 18.9 Å². The van der Waals surface area contributed by atoms with Gasteiger partial charge in [-0.25, -0.2) is 9.98 Å². The third-order valence-electron chi connectivity index (χ3n) is 4.25. The molecule has 6 heteroatoms. The minimum absolute atomic E-state index is 0.306. The largest absolute Gasteiger partial charge is 0.490 e. The topological polar surface area (TPSA) is 72.8 Å². The van der Waals surface area contributed by atoms with Gasteiger partial charge in [-0.05, 0) is 54.8 Å². The number of rotatable bonds is 6. The number of amides is 1. The predicted octanol–water partition coefficient (Wildman–Crippen LogP) is 3.88. The number of methoxy groups -OCH3 is 1. The van der Waals surface area contributed by atoms with Crippen LogP contribution in [0.15, 0.2) is 76.9 Å². The van der Waals surface area contributed by atoms with E-state index < -0.39 is 0 Å². The van der Waals surface area contributed by atoms with Crippen molar-refractivity contribution in [3.63, 3.8) is 0 Å². The molecule has 0 atom stereocenters. The number of carbonyl (C=O) groups is 1. The Morgan fingerprint density at radius 3 is 2.86 bits per heavy atom. The van der Waals surface area contributed by atoms with Crippen molar-refractivity contribution >= 4 is 17.9 Å². The van der Waals surface area contributed by atoms with Gasteiger partial charge in [-0.3, -0.25) is 4.79 Å². The number of aliphatic imine (C=N–C) groups is 1. The van der Waals surface area contributed by atoms with Crippen LogP contribution >= 0.6 is 0 Å². The molecule has 0 radical (unpaired) electrons. The van der Waals surface area contributed by atoms with E-state index in [1.807, 2.05) is 30.3 Å². The summed E-state index contributed by atoms with van der Waals surface area (Å²) in [6, 6.07) is 11.6. The fraction of sp³-hybridized carbons (Fsp3) is 0.182. The van der Waals surface area contributed by atoms with E-state index in [1.165, 1.54) is 13.3 Å². The zero-order valence-electron chi connectivity index (χ0n) is 15.4. The van der Waals surface area contributed by atoms with E-state index in [0.717, 1.165) is 29.7 Å². The number of hydrogen-bond acceptors (Lipinski definition) is 5. The number of carbonyl (C=O) groups excluding carboxylic acids is 1.